The first-order chi connectivity index (χ1) is 38.5. The van der Waals surface area contributed by atoms with Gasteiger partial charge in [0.1, 0.15) is 0 Å². The number of unbranched alkanes of at least 4 members (excludes halogenated alkanes) is 51. The van der Waals surface area contributed by atoms with Crippen molar-refractivity contribution in [2.75, 3.05) is 13.2 Å². The van der Waals surface area contributed by atoms with Crippen LogP contribution in [0.2, 0.25) is 0 Å². The molecule has 0 aromatic carbocycles. The normalized spacial score (nSPS) is 12.7. The Kier molecular flexibility index (Phi) is 65.9. The monoisotopic (exact) mass is 1100 g/mol. The van der Waals surface area contributed by atoms with Gasteiger partial charge in [-0.3, -0.25) is 9.59 Å². The fraction of sp³-hybridized carbons (Fsp3) is 0.889. The predicted octanol–water partition coefficient (Wildman–Crippen LogP) is 22.7. The lowest BCUT2D eigenvalue weighted by Gasteiger charge is -2.20. The predicted molar refractivity (Wildman–Crippen MR) is 343 cm³/mol. The van der Waals surface area contributed by atoms with E-state index in [9.17, 15) is 19.8 Å². The number of allylic oxidation sites excluding steroid dienone is 5. The maximum atomic E-state index is 12.5. The third-order valence-electron chi connectivity index (χ3n) is 16.4. The number of aliphatic hydroxyl groups excluding tert-OH is 2. The number of hydrogen-bond acceptors (Lipinski definition) is 5. The van der Waals surface area contributed by atoms with Crippen LogP contribution < -0.4 is 5.32 Å². The van der Waals surface area contributed by atoms with E-state index in [0.717, 1.165) is 44.9 Å². The van der Waals surface area contributed by atoms with E-state index in [-0.39, 0.29) is 18.5 Å². The summed E-state index contributed by atoms with van der Waals surface area (Å²) in [4.78, 5) is 24.6. The van der Waals surface area contributed by atoms with Gasteiger partial charge in [0.05, 0.1) is 25.4 Å². The molecule has 0 saturated carbocycles. The molecule has 0 aliphatic carbocycles. The smallest absolute Gasteiger partial charge is 0.305 e. The van der Waals surface area contributed by atoms with Crippen LogP contribution in [0.1, 0.15) is 386 Å². The highest BCUT2D eigenvalue weighted by atomic mass is 16.5. The SMILES string of the molecule is CCCCCCCC/C=C\CCCCCCCC(=O)OCCCCCCCCCCCCCC/C=C\CCCCCCCCCCCCCCCCC(=O)NC(CO)C(O)/C=C/CCCCCCCCCCCCCCCC. The standard InChI is InChI=1S/C72H137NO5/c1-3-5-7-9-11-13-15-17-19-37-40-44-48-52-56-60-64-70(75)69(68-74)73-71(76)65-61-57-53-49-45-41-38-34-32-30-28-26-24-22-20-21-23-25-27-29-31-33-35-39-43-47-51-55-59-63-67-78-72(77)66-62-58-54-50-46-42-36-18-16-14-12-10-8-6-4-2/h18,21,23,36,60,64,69-70,74-75H,3-17,19-20,22,24-35,37-59,61-63,65-68H2,1-2H3,(H,73,76)/b23-21-,36-18-,64-60+. The molecule has 2 unspecified atom stereocenters. The van der Waals surface area contributed by atoms with Crippen LogP contribution in [0.15, 0.2) is 36.5 Å². The molecular formula is C72H137NO5. The fourth-order valence-corrected chi connectivity index (χ4v) is 11.0. The zero-order valence-electron chi connectivity index (χ0n) is 52.7. The lowest BCUT2D eigenvalue weighted by atomic mass is 10.0. The van der Waals surface area contributed by atoms with Crippen molar-refractivity contribution in [3.8, 4) is 0 Å². The summed E-state index contributed by atoms with van der Waals surface area (Å²) in [6.07, 6.45) is 86.5. The number of carbonyl (C=O) groups excluding carboxylic acids is 2. The number of ether oxygens (including phenoxy) is 1. The summed E-state index contributed by atoms with van der Waals surface area (Å²) in [6.45, 7) is 4.92. The minimum Gasteiger partial charge on any atom is -0.466 e. The Morgan fingerprint density at radius 2 is 0.603 bits per heavy atom. The average molecular weight is 1100 g/mol. The molecule has 0 saturated heterocycles. The zero-order chi connectivity index (χ0) is 56.4. The fourth-order valence-electron chi connectivity index (χ4n) is 11.0. The minimum atomic E-state index is -0.844. The van der Waals surface area contributed by atoms with Gasteiger partial charge in [0.2, 0.25) is 5.91 Å². The second kappa shape index (κ2) is 67.6. The van der Waals surface area contributed by atoms with Gasteiger partial charge in [0.15, 0.2) is 0 Å². The molecular weight excluding hydrogens is 959 g/mol. The summed E-state index contributed by atoms with van der Waals surface area (Å²) < 4.78 is 5.49. The summed E-state index contributed by atoms with van der Waals surface area (Å²) in [5, 5.41) is 23.2. The van der Waals surface area contributed by atoms with Gasteiger partial charge in [-0.15, -0.1) is 0 Å². The number of aliphatic hydroxyl groups is 2. The van der Waals surface area contributed by atoms with Crippen LogP contribution in [0.3, 0.4) is 0 Å². The van der Waals surface area contributed by atoms with E-state index in [2.05, 4.69) is 43.5 Å². The van der Waals surface area contributed by atoms with Gasteiger partial charge in [-0.2, -0.15) is 0 Å². The number of esters is 1. The molecule has 0 spiro atoms. The Labute approximate surface area is 487 Å². The first-order valence-electron chi connectivity index (χ1n) is 35.3. The maximum absolute atomic E-state index is 12.5. The van der Waals surface area contributed by atoms with Crippen LogP contribution in [0, 0.1) is 0 Å². The van der Waals surface area contributed by atoms with Crippen LogP contribution in [0.25, 0.3) is 0 Å². The Hall–Kier alpha value is -1.92. The van der Waals surface area contributed by atoms with E-state index < -0.39 is 12.1 Å². The van der Waals surface area contributed by atoms with Gasteiger partial charge < -0.3 is 20.3 Å². The van der Waals surface area contributed by atoms with E-state index in [0.29, 0.717) is 19.4 Å². The number of rotatable bonds is 66. The molecule has 0 bridgehead atoms. The summed E-state index contributed by atoms with van der Waals surface area (Å²) >= 11 is 0. The van der Waals surface area contributed by atoms with Crippen molar-refractivity contribution in [1.82, 2.24) is 5.32 Å². The summed E-state index contributed by atoms with van der Waals surface area (Å²) in [5.41, 5.74) is 0. The van der Waals surface area contributed by atoms with Crippen molar-refractivity contribution in [2.45, 2.75) is 398 Å². The molecule has 0 aliphatic heterocycles. The Bertz CT molecular complexity index is 1260. The highest BCUT2D eigenvalue weighted by molar-refractivity contribution is 5.76. The molecule has 78 heavy (non-hydrogen) atoms. The first-order valence-corrected chi connectivity index (χ1v) is 35.3. The lowest BCUT2D eigenvalue weighted by molar-refractivity contribution is -0.143. The van der Waals surface area contributed by atoms with Gasteiger partial charge in [-0.05, 0) is 83.5 Å². The van der Waals surface area contributed by atoms with Crippen LogP contribution >= 0.6 is 0 Å². The molecule has 0 aromatic heterocycles. The van der Waals surface area contributed by atoms with Crippen molar-refractivity contribution in [2.24, 2.45) is 0 Å². The topological polar surface area (TPSA) is 95.9 Å². The van der Waals surface area contributed by atoms with E-state index in [1.165, 1.54) is 315 Å². The number of amides is 1. The van der Waals surface area contributed by atoms with Crippen LogP contribution in [-0.4, -0.2) is 47.4 Å². The van der Waals surface area contributed by atoms with Crippen LogP contribution in [-0.2, 0) is 14.3 Å². The largest absolute Gasteiger partial charge is 0.466 e. The first kappa shape index (κ1) is 76.1. The van der Waals surface area contributed by atoms with Gasteiger partial charge in [0, 0.05) is 12.8 Å². The van der Waals surface area contributed by atoms with Crippen LogP contribution in [0.4, 0.5) is 0 Å². The van der Waals surface area contributed by atoms with Crippen molar-refractivity contribution in [1.29, 1.82) is 0 Å². The zero-order valence-corrected chi connectivity index (χ0v) is 52.7. The molecule has 3 N–H and O–H groups in total. The van der Waals surface area contributed by atoms with Crippen molar-refractivity contribution < 1.29 is 24.5 Å². The third kappa shape index (κ3) is 63.3. The second-order valence-corrected chi connectivity index (χ2v) is 24.2. The summed E-state index contributed by atoms with van der Waals surface area (Å²) in [6, 6.07) is -0.627. The molecule has 6 nitrogen and oxygen atoms in total. The molecule has 1 amide bonds. The summed E-state index contributed by atoms with van der Waals surface area (Å²) in [7, 11) is 0. The van der Waals surface area contributed by atoms with Gasteiger partial charge in [-0.25, -0.2) is 0 Å². The lowest BCUT2D eigenvalue weighted by Crippen LogP contribution is -2.45. The van der Waals surface area contributed by atoms with Crippen molar-refractivity contribution in [3.05, 3.63) is 36.5 Å². The average Bonchev–Trinajstić information content (AvgIpc) is 3.44. The van der Waals surface area contributed by atoms with Crippen molar-refractivity contribution in [3.63, 3.8) is 0 Å². The molecule has 0 fully saturated rings. The summed E-state index contributed by atoms with van der Waals surface area (Å²) in [5.74, 6) is -0.0549. The molecule has 2 atom stereocenters. The molecule has 0 aromatic rings. The quantitative estimate of drug-likeness (QED) is 0.0320. The second-order valence-electron chi connectivity index (χ2n) is 24.2. The number of nitrogens with one attached hydrogen (secondary N) is 1. The third-order valence-corrected chi connectivity index (χ3v) is 16.4. The van der Waals surface area contributed by atoms with Crippen LogP contribution in [0.5, 0.6) is 0 Å². The Morgan fingerprint density at radius 3 is 0.910 bits per heavy atom. The van der Waals surface area contributed by atoms with Gasteiger partial charge in [0.25, 0.3) is 0 Å². The molecule has 0 aliphatic rings. The highest BCUT2D eigenvalue weighted by Crippen LogP contribution is 2.18. The number of carbonyl (C=O) groups is 2. The maximum Gasteiger partial charge on any atom is 0.305 e. The van der Waals surface area contributed by atoms with Crippen molar-refractivity contribution >= 4 is 11.9 Å². The minimum absolute atomic E-state index is 0.00920. The van der Waals surface area contributed by atoms with Gasteiger partial charge >= 0.3 is 5.97 Å². The number of hydrogen-bond donors (Lipinski definition) is 3. The van der Waals surface area contributed by atoms with E-state index in [4.69, 9.17) is 4.74 Å². The molecule has 0 heterocycles. The molecule has 6 heteroatoms. The highest BCUT2D eigenvalue weighted by Gasteiger charge is 2.18. The van der Waals surface area contributed by atoms with E-state index >= 15 is 0 Å². The Balaban J connectivity index is 3.38. The molecule has 460 valence electrons. The molecule has 0 radical (unpaired) electrons. The van der Waals surface area contributed by atoms with Gasteiger partial charge in [-0.1, -0.05) is 326 Å². The Morgan fingerprint density at radius 1 is 0.346 bits per heavy atom. The van der Waals surface area contributed by atoms with E-state index in [1.807, 2.05) is 6.08 Å². The molecule has 0 rings (SSSR count). The van der Waals surface area contributed by atoms with E-state index in [1.54, 1.807) is 6.08 Å².